The highest BCUT2D eigenvalue weighted by Gasteiger charge is 2.34. The quantitative estimate of drug-likeness (QED) is 0.914. The Balaban J connectivity index is 1.55. The van der Waals surface area contributed by atoms with Crippen LogP contribution in [0.4, 0.5) is 0 Å². The molecule has 0 aromatic carbocycles. The topological polar surface area (TPSA) is 71.3 Å². The molecule has 2 aliphatic heterocycles. The van der Waals surface area contributed by atoms with Gasteiger partial charge in [-0.25, -0.2) is 4.98 Å². The Morgan fingerprint density at radius 3 is 2.92 bits per heavy atom. The van der Waals surface area contributed by atoms with E-state index in [1.807, 2.05) is 11.0 Å². The molecule has 1 N–H and O–H groups in total. The third-order valence-corrected chi connectivity index (χ3v) is 6.06. The minimum atomic E-state index is 0.120. The van der Waals surface area contributed by atoms with Gasteiger partial charge in [0.2, 0.25) is 0 Å². The second-order valence-electron chi connectivity index (χ2n) is 8.11. The summed E-state index contributed by atoms with van der Waals surface area (Å²) in [6.45, 7) is 3.74. The number of nitrogens with one attached hydrogen (secondary N) is 1. The molecule has 0 radical (unpaired) electrons. The number of aryl methyl sites for hydroxylation is 1. The first-order chi connectivity index (χ1) is 12.7. The van der Waals surface area contributed by atoms with E-state index < -0.39 is 0 Å². The van der Waals surface area contributed by atoms with Crippen LogP contribution >= 0.6 is 0 Å². The summed E-state index contributed by atoms with van der Waals surface area (Å²) in [6, 6.07) is 3.03. The van der Waals surface area contributed by atoms with E-state index in [-0.39, 0.29) is 5.91 Å². The van der Waals surface area contributed by atoms with E-state index in [1.54, 1.807) is 0 Å². The van der Waals surface area contributed by atoms with Crippen LogP contribution in [0.25, 0.3) is 11.1 Å². The van der Waals surface area contributed by atoms with Crippen molar-refractivity contribution < 1.29 is 9.32 Å². The molecule has 2 aromatic rings. The van der Waals surface area contributed by atoms with Gasteiger partial charge in [0.25, 0.3) is 11.6 Å². The molecule has 6 heteroatoms. The van der Waals surface area contributed by atoms with Gasteiger partial charge in [0.15, 0.2) is 0 Å². The minimum Gasteiger partial charge on any atom is -0.337 e. The number of likely N-dealkylation sites (tertiary alicyclic amines) is 1. The zero-order chi connectivity index (χ0) is 17.7. The Bertz CT molecular complexity index is 842. The lowest BCUT2D eigenvalue weighted by molar-refractivity contribution is 0.0750. The molecule has 2 unspecified atom stereocenters. The number of carbonyl (C=O) groups is 1. The number of pyridine rings is 1. The van der Waals surface area contributed by atoms with Crippen LogP contribution in [0.5, 0.6) is 0 Å². The van der Waals surface area contributed by atoms with Gasteiger partial charge in [-0.05, 0) is 44.6 Å². The summed E-state index contributed by atoms with van der Waals surface area (Å²) in [6.07, 6.45) is 7.53. The molecule has 2 saturated heterocycles. The van der Waals surface area contributed by atoms with Crippen LogP contribution < -0.4 is 5.32 Å². The van der Waals surface area contributed by atoms with Crippen molar-refractivity contribution >= 4 is 17.0 Å². The van der Waals surface area contributed by atoms with Crippen molar-refractivity contribution in [3.63, 3.8) is 0 Å². The first-order valence-corrected chi connectivity index (χ1v) is 10.1. The molecule has 1 aliphatic carbocycles. The van der Waals surface area contributed by atoms with E-state index in [4.69, 9.17) is 4.52 Å². The van der Waals surface area contributed by atoms with Crippen molar-refractivity contribution in [1.29, 1.82) is 0 Å². The van der Waals surface area contributed by atoms with Gasteiger partial charge in [-0.3, -0.25) is 4.79 Å². The number of hydrogen-bond donors (Lipinski definition) is 1. The number of fused-ring (bicyclic) bond motifs is 3. The maximum atomic E-state index is 13.5. The van der Waals surface area contributed by atoms with Crippen LogP contribution in [0.15, 0.2) is 10.6 Å². The van der Waals surface area contributed by atoms with Gasteiger partial charge in [0, 0.05) is 36.8 Å². The molecule has 6 nitrogen and oxygen atoms in total. The molecule has 0 spiro atoms. The number of carbonyl (C=O) groups excluding carboxylic acids is 1. The summed E-state index contributed by atoms with van der Waals surface area (Å²) in [5.74, 6) is 0.599. The predicted molar refractivity (Wildman–Crippen MR) is 98.2 cm³/mol. The molecule has 3 aliphatic rings. The molecule has 2 bridgehead atoms. The van der Waals surface area contributed by atoms with Crippen molar-refractivity contribution in [2.24, 2.45) is 0 Å². The smallest absolute Gasteiger partial charge is 0.259 e. The largest absolute Gasteiger partial charge is 0.337 e. The summed E-state index contributed by atoms with van der Waals surface area (Å²) >= 11 is 0. The SMILES string of the molecule is CCCc1noc2nc(C3CC3)cc(C(=O)N3CCC4CCC(C3)N4)c12. The van der Waals surface area contributed by atoms with Crippen LogP contribution in [0.3, 0.4) is 0 Å². The molecular weight excluding hydrogens is 328 g/mol. The zero-order valence-electron chi connectivity index (χ0n) is 15.3. The molecule has 1 amide bonds. The van der Waals surface area contributed by atoms with Crippen molar-refractivity contribution in [2.75, 3.05) is 13.1 Å². The van der Waals surface area contributed by atoms with E-state index in [2.05, 4.69) is 22.4 Å². The van der Waals surface area contributed by atoms with Crippen LogP contribution in [0.1, 0.15) is 73.1 Å². The van der Waals surface area contributed by atoms with Gasteiger partial charge in [-0.15, -0.1) is 0 Å². The van der Waals surface area contributed by atoms with Gasteiger partial charge in [-0.1, -0.05) is 18.5 Å². The van der Waals surface area contributed by atoms with Gasteiger partial charge in [0.05, 0.1) is 16.6 Å². The molecule has 2 aromatic heterocycles. The standard InChI is InChI=1S/C20H26N4O2/c1-2-3-16-18-15(10-17(12-4-5-12)22-19(18)26-23-16)20(25)24-9-8-13-6-7-14(11-24)21-13/h10,12-14,21H,2-9,11H2,1H3. The first-order valence-electron chi connectivity index (χ1n) is 10.1. The number of rotatable bonds is 4. The summed E-state index contributed by atoms with van der Waals surface area (Å²) in [7, 11) is 0. The minimum absolute atomic E-state index is 0.120. The lowest BCUT2D eigenvalue weighted by Gasteiger charge is -2.24. The highest BCUT2D eigenvalue weighted by Crippen LogP contribution is 2.41. The average molecular weight is 354 g/mol. The lowest BCUT2D eigenvalue weighted by atomic mass is 10.0. The fourth-order valence-corrected chi connectivity index (χ4v) is 4.49. The summed E-state index contributed by atoms with van der Waals surface area (Å²) < 4.78 is 5.53. The van der Waals surface area contributed by atoms with Crippen molar-refractivity contribution in [2.45, 2.75) is 69.9 Å². The van der Waals surface area contributed by atoms with E-state index >= 15 is 0 Å². The molecule has 5 rings (SSSR count). The second kappa shape index (κ2) is 6.34. The van der Waals surface area contributed by atoms with Crippen LogP contribution in [0, 0.1) is 0 Å². The third-order valence-electron chi connectivity index (χ3n) is 6.06. The summed E-state index contributed by atoms with van der Waals surface area (Å²) in [5, 5.41) is 8.72. The van der Waals surface area contributed by atoms with Crippen molar-refractivity contribution in [3.8, 4) is 0 Å². The summed E-state index contributed by atoms with van der Waals surface area (Å²) in [4.78, 5) is 20.2. The fraction of sp³-hybridized carbons (Fsp3) is 0.650. The van der Waals surface area contributed by atoms with E-state index in [0.29, 0.717) is 23.7 Å². The zero-order valence-corrected chi connectivity index (χ0v) is 15.3. The Morgan fingerprint density at radius 2 is 2.12 bits per heavy atom. The average Bonchev–Trinajstić information content (AvgIpc) is 3.32. The molecule has 138 valence electrons. The Kier molecular flexibility index (Phi) is 3.96. The van der Waals surface area contributed by atoms with Gasteiger partial charge in [0.1, 0.15) is 0 Å². The molecule has 4 heterocycles. The molecular formula is C20H26N4O2. The molecule has 26 heavy (non-hydrogen) atoms. The third kappa shape index (κ3) is 2.80. The van der Waals surface area contributed by atoms with E-state index in [9.17, 15) is 4.79 Å². The van der Waals surface area contributed by atoms with E-state index in [1.165, 1.54) is 12.8 Å². The number of nitrogens with zero attached hydrogens (tertiary/aromatic N) is 3. The highest BCUT2D eigenvalue weighted by atomic mass is 16.5. The van der Waals surface area contributed by atoms with Crippen LogP contribution in [0.2, 0.25) is 0 Å². The highest BCUT2D eigenvalue weighted by molar-refractivity contribution is 6.06. The van der Waals surface area contributed by atoms with Crippen molar-refractivity contribution in [1.82, 2.24) is 20.4 Å². The number of amides is 1. The Labute approximate surface area is 153 Å². The van der Waals surface area contributed by atoms with Gasteiger partial charge >= 0.3 is 0 Å². The maximum Gasteiger partial charge on any atom is 0.259 e. The van der Waals surface area contributed by atoms with Gasteiger partial charge in [-0.2, -0.15) is 0 Å². The normalized spacial score (nSPS) is 25.7. The number of hydrogen-bond acceptors (Lipinski definition) is 5. The Morgan fingerprint density at radius 1 is 1.27 bits per heavy atom. The monoisotopic (exact) mass is 354 g/mol. The van der Waals surface area contributed by atoms with Crippen molar-refractivity contribution in [3.05, 3.63) is 23.0 Å². The van der Waals surface area contributed by atoms with Gasteiger partial charge < -0.3 is 14.7 Å². The first kappa shape index (κ1) is 16.2. The molecule has 1 saturated carbocycles. The summed E-state index contributed by atoms with van der Waals surface area (Å²) in [5.41, 5.74) is 3.15. The van der Waals surface area contributed by atoms with Crippen LogP contribution in [-0.2, 0) is 6.42 Å². The maximum absolute atomic E-state index is 13.5. The number of aromatic nitrogens is 2. The Hall–Kier alpha value is -1.95. The molecule has 3 fully saturated rings. The lowest BCUT2D eigenvalue weighted by Crippen LogP contribution is -2.39. The second-order valence-corrected chi connectivity index (χ2v) is 8.11. The predicted octanol–water partition coefficient (Wildman–Crippen LogP) is 3.02. The fourth-order valence-electron chi connectivity index (χ4n) is 4.49. The molecule has 2 atom stereocenters. The van der Waals surface area contributed by atoms with E-state index in [0.717, 1.165) is 67.5 Å². The van der Waals surface area contributed by atoms with Crippen LogP contribution in [-0.4, -0.2) is 46.1 Å².